The zero-order chi connectivity index (χ0) is 12.3. The van der Waals surface area contributed by atoms with Gasteiger partial charge >= 0.3 is 0 Å². The van der Waals surface area contributed by atoms with E-state index in [9.17, 15) is 0 Å². The third-order valence-corrected chi connectivity index (χ3v) is 2.72. The van der Waals surface area contributed by atoms with Crippen molar-refractivity contribution in [1.29, 1.82) is 10.5 Å². The van der Waals surface area contributed by atoms with Gasteiger partial charge in [0, 0.05) is 33.5 Å². The van der Waals surface area contributed by atoms with Crippen molar-refractivity contribution in [3.63, 3.8) is 0 Å². The lowest BCUT2D eigenvalue weighted by Crippen LogP contribution is -2.41. The number of methoxy groups -OCH3 is 1. The summed E-state index contributed by atoms with van der Waals surface area (Å²) in [5, 5.41) is 21.6. The van der Waals surface area contributed by atoms with Crippen molar-refractivity contribution in [3.05, 3.63) is 11.3 Å². The van der Waals surface area contributed by atoms with Crippen molar-refractivity contribution < 1.29 is 4.74 Å². The molecular formula is C11H16N4O. The van der Waals surface area contributed by atoms with Crippen LogP contribution in [-0.2, 0) is 4.74 Å². The lowest BCUT2D eigenvalue weighted by Gasteiger charge is -2.32. The first-order valence-corrected chi connectivity index (χ1v) is 5.10. The molecule has 1 heterocycles. The second kappa shape index (κ2) is 4.98. The van der Waals surface area contributed by atoms with Crippen LogP contribution < -0.4 is 0 Å². The average molecular weight is 220 g/mol. The monoisotopic (exact) mass is 220 g/mol. The molecule has 0 spiro atoms. The van der Waals surface area contributed by atoms with Gasteiger partial charge in [-0.3, -0.25) is 5.01 Å². The Morgan fingerprint density at radius 3 is 2.38 bits per heavy atom. The standard InChI is InChI=1S/C11H16N4O/c1-8-5-10(16-4)15(14(2)3)11(8)9(6-12)7-13/h8,10H,5H2,1-4H3/t8-,10+/m1/s1. The van der Waals surface area contributed by atoms with Gasteiger partial charge in [-0.1, -0.05) is 6.92 Å². The first-order valence-electron chi connectivity index (χ1n) is 5.10. The van der Waals surface area contributed by atoms with Crippen molar-refractivity contribution in [2.24, 2.45) is 5.92 Å². The Bertz CT molecular complexity index is 358. The van der Waals surface area contributed by atoms with Crippen molar-refractivity contribution in [3.8, 4) is 12.1 Å². The molecule has 5 heteroatoms. The molecule has 0 unspecified atom stereocenters. The zero-order valence-electron chi connectivity index (χ0n) is 10.1. The predicted molar refractivity (Wildman–Crippen MR) is 58.4 cm³/mol. The van der Waals surface area contributed by atoms with Gasteiger partial charge in [0.2, 0.25) is 0 Å². The number of rotatable bonds is 2. The average Bonchev–Trinajstić information content (AvgIpc) is 2.58. The highest BCUT2D eigenvalue weighted by molar-refractivity contribution is 5.41. The van der Waals surface area contributed by atoms with Crippen molar-refractivity contribution in [2.75, 3.05) is 21.2 Å². The van der Waals surface area contributed by atoms with E-state index < -0.39 is 0 Å². The number of ether oxygens (including phenoxy) is 1. The Kier molecular flexibility index (Phi) is 3.89. The van der Waals surface area contributed by atoms with E-state index in [1.54, 1.807) is 7.11 Å². The van der Waals surface area contributed by atoms with Crippen LogP contribution in [0, 0.1) is 28.6 Å². The molecule has 16 heavy (non-hydrogen) atoms. The molecule has 86 valence electrons. The highest BCUT2D eigenvalue weighted by atomic mass is 16.5. The highest BCUT2D eigenvalue weighted by Gasteiger charge is 2.37. The summed E-state index contributed by atoms with van der Waals surface area (Å²) in [5.41, 5.74) is 0.919. The molecule has 1 aliphatic rings. The topological polar surface area (TPSA) is 63.3 Å². The van der Waals surface area contributed by atoms with Gasteiger partial charge in [-0.05, 0) is 0 Å². The van der Waals surface area contributed by atoms with Gasteiger partial charge in [-0.15, -0.1) is 0 Å². The number of hydrazine groups is 1. The maximum atomic E-state index is 8.95. The molecule has 1 rings (SSSR count). The van der Waals surface area contributed by atoms with Gasteiger partial charge in [0.25, 0.3) is 0 Å². The molecular weight excluding hydrogens is 204 g/mol. The summed E-state index contributed by atoms with van der Waals surface area (Å²) in [6.45, 7) is 2.00. The fourth-order valence-corrected chi connectivity index (χ4v) is 2.06. The summed E-state index contributed by atoms with van der Waals surface area (Å²) in [4.78, 5) is 0. The van der Waals surface area contributed by atoms with Crippen LogP contribution >= 0.6 is 0 Å². The van der Waals surface area contributed by atoms with Crippen LogP contribution in [0.5, 0.6) is 0 Å². The fourth-order valence-electron chi connectivity index (χ4n) is 2.06. The normalized spacial score (nSPS) is 24.4. The minimum Gasteiger partial charge on any atom is -0.360 e. The molecule has 1 fully saturated rings. The summed E-state index contributed by atoms with van der Waals surface area (Å²) >= 11 is 0. The smallest absolute Gasteiger partial charge is 0.150 e. The van der Waals surface area contributed by atoms with E-state index in [1.807, 2.05) is 43.2 Å². The summed E-state index contributed by atoms with van der Waals surface area (Å²) in [6.07, 6.45) is 0.688. The third-order valence-electron chi connectivity index (χ3n) is 2.72. The first-order chi connectivity index (χ1) is 7.56. The molecule has 0 aromatic heterocycles. The number of nitrogens with zero attached hydrogens (tertiary/aromatic N) is 4. The van der Waals surface area contributed by atoms with E-state index in [2.05, 4.69) is 0 Å². The van der Waals surface area contributed by atoms with Crippen LogP contribution in [0.25, 0.3) is 0 Å². The molecule has 0 aliphatic carbocycles. The Morgan fingerprint density at radius 2 is 2.00 bits per heavy atom. The summed E-state index contributed by atoms with van der Waals surface area (Å²) in [7, 11) is 5.38. The van der Waals surface area contributed by atoms with Gasteiger partial charge in [0.15, 0.2) is 5.57 Å². The van der Waals surface area contributed by atoms with Crippen molar-refractivity contribution in [2.45, 2.75) is 19.6 Å². The van der Waals surface area contributed by atoms with E-state index in [0.29, 0.717) is 0 Å². The number of hydrogen-bond acceptors (Lipinski definition) is 5. The molecule has 1 aliphatic heterocycles. The molecule has 1 saturated heterocycles. The van der Waals surface area contributed by atoms with Gasteiger partial charge in [-0.25, -0.2) is 5.01 Å². The quantitative estimate of drug-likeness (QED) is 0.651. The second-order valence-corrected chi connectivity index (χ2v) is 4.00. The number of hydrogen-bond donors (Lipinski definition) is 0. The number of allylic oxidation sites excluding steroid dienone is 2. The SMILES string of the molecule is CO[C@H]1C[C@@H](C)C(=C(C#N)C#N)N1N(C)C. The van der Waals surface area contributed by atoms with Crippen LogP contribution in [0.4, 0.5) is 0 Å². The van der Waals surface area contributed by atoms with Crippen LogP contribution in [-0.4, -0.2) is 37.5 Å². The summed E-state index contributed by atoms with van der Waals surface area (Å²) < 4.78 is 5.36. The van der Waals surface area contributed by atoms with Crippen LogP contribution in [0.3, 0.4) is 0 Å². The molecule has 0 N–H and O–H groups in total. The molecule has 5 nitrogen and oxygen atoms in total. The maximum absolute atomic E-state index is 8.95. The molecule has 0 amide bonds. The number of nitriles is 2. The van der Waals surface area contributed by atoms with E-state index in [4.69, 9.17) is 15.3 Å². The van der Waals surface area contributed by atoms with Crippen LogP contribution in [0.1, 0.15) is 13.3 Å². The Balaban J connectivity index is 3.22. The zero-order valence-corrected chi connectivity index (χ0v) is 10.1. The maximum Gasteiger partial charge on any atom is 0.150 e. The molecule has 0 bridgehead atoms. The van der Waals surface area contributed by atoms with Gasteiger partial charge < -0.3 is 4.74 Å². The van der Waals surface area contributed by atoms with E-state index in [0.717, 1.165) is 12.1 Å². The summed E-state index contributed by atoms with van der Waals surface area (Å²) in [5.74, 6) is 0.154. The molecule has 2 atom stereocenters. The van der Waals surface area contributed by atoms with E-state index >= 15 is 0 Å². The Morgan fingerprint density at radius 1 is 1.44 bits per heavy atom. The predicted octanol–water partition coefficient (Wildman–Crippen LogP) is 1.08. The largest absolute Gasteiger partial charge is 0.360 e. The lowest BCUT2D eigenvalue weighted by atomic mass is 10.0. The Hall–Kier alpha value is -1.56. The molecule has 0 saturated carbocycles. The van der Waals surface area contributed by atoms with Crippen LogP contribution in [0.2, 0.25) is 0 Å². The van der Waals surface area contributed by atoms with Gasteiger partial charge in [-0.2, -0.15) is 10.5 Å². The molecule has 0 radical (unpaired) electrons. The van der Waals surface area contributed by atoms with Crippen LogP contribution in [0.15, 0.2) is 11.3 Å². The summed E-state index contributed by atoms with van der Waals surface area (Å²) in [6, 6.07) is 3.90. The van der Waals surface area contributed by atoms with Crippen molar-refractivity contribution >= 4 is 0 Å². The first kappa shape index (κ1) is 12.5. The van der Waals surface area contributed by atoms with Gasteiger partial charge in [0.05, 0.1) is 5.70 Å². The Labute approximate surface area is 96.1 Å². The van der Waals surface area contributed by atoms with Gasteiger partial charge in [0.1, 0.15) is 18.4 Å². The van der Waals surface area contributed by atoms with E-state index in [-0.39, 0.29) is 17.7 Å². The minimum atomic E-state index is -0.100. The molecule has 0 aromatic carbocycles. The fraction of sp³-hybridized carbons (Fsp3) is 0.636. The lowest BCUT2D eigenvalue weighted by molar-refractivity contribution is -0.0882. The third kappa shape index (κ3) is 2.01. The molecule has 0 aromatic rings. The van der Waals surface area contributed by atoms with Crippen molar-refractivity contribution in [1.82, 2.24) is 10.0 Å². The highest BCUT2D eigenvalue weighted by Crippen LogP contribution is 2.35. The second-order valence-electron chi connectivity index (χ2n) is 4.00. The van der Waals surface area contributed by atoms with E-state index in [1.165, 1.54) is 0 Å². The minimum absolute atomic E-state index is 0.100.